The number of rotatable bonds is 5. The van der Waals surface area contributed by atoms with Gasteiger partial charge >= 0.3 is 0 Å². The highest BCUT2D eigenvalue weighted by Crippen LogP contribution is 2.35. The molecule has 2 aromatic carbocycles. The highest BCUT2D eigenvalue weighted by Gasteiger charge is 2.26. The molecule has 1 fully saturated rings. The Bertz CT molecular complexity index is 1610. The third-order valence-corrected chi connectivity index (χ3v) is 8.55. The number of hydrogen-bond donors (Lipinski definition) is 1. The van der Waals surface area contributed by atoms with Crippen molar-refractivity contribution in [1.29, 1.82) is 5.26 Å². The maximum atomic E-state index is 13.9. The third-order valence-electron chi connectivity index (χ3n) is 6.86. The van der Waals surface area contributed by atoms with Crippen molar-refractivity contribution in [2.75, 3.05) is 39.8 Å². The number of methoxy groups -OCH3 is 1. The average molecular weight is 598 g/mol. The normalized spacial score (nSPS) is 15.4. The first-order chi connectivity index (χ1) is 18.2. The van der Waals surface area contributed by atoms with Gasteiger partial charge in [0.15, 0.2) is 17.1 Å². The van der Waals surface area contributed by atoms with Crippen LogP contribution in [0, 0.1) is 25.2 Å². The first-order valence-corrected chi connectivity index (χ1v) is 13.8. The summed E-state index contributed by atoms with van der Waals surface area (Å²) in [6, 6.07) is 11.0. The zero-order chi connectivity index (χ0) is 27.6. The highest BCUT2D eigenvalue weighted by atomic mass is 79.9. The zero-order valence-electron chi connectivity index (χ0n) is 21.7. The SMILES string of the molecule is CCN1CCN(C(=O)/C(C#N)=c2/s/c(=C\c3cc(Br)c(O)c(OC)c3)c(=O)n2-c2cccc(C)c2C)CC1. The minimum Gasteiger partial charge on any atom is -0.503 e. The molecule has 1 aliphatic rings. The van der Waals surface area contributed by atoms with Crippen LogP contribution in [0.5, 0.6) is 11.5 Å². The van der Waals surface area contributed by atoms with E-state index in [-0.39, 0.29) is 28.5 Å². The largest absolute Gasteiger partial charge is 0.503 e. The number of piperazine rings is 1. The second-order valence-corrected chi connectivity index (χ2v) is 10.9. The minimum absolute atomic E-state index is 0.0433. The van der Waals surface area contributed by atoms with Gasteiger partial charge in [-0.05, 0) is 77.3 Å². The quantitative estimate of drug-likeness (QED) is 0.486. The molecule has 4 rings (SSSR count). The van der Waals surface area contributed by atoms with Gasteiger partial charge in [-0.25, -0.2) is 0 Å². The van der Waals surface area contributed by atoms with E-state index >= 15 is 0 Å². The molecular weight excluding hydrogens is 568 g/mol. The zero-order valence-corrected chi connectivity index (χ0v) is 24.1. The summed E-state index contributed by atoms with van der Waals surface area (Å²) < 4.78 is 7.79. The van der Waals surface area contributed by atoms with E-state index in [1.54, 1.807) is 23.1 Å². The van der Waals surface area contributed by atoms with Crippen molar-refractivity contribution in [2.24, 2.45) is 0 Å². The van der Waals surface area contributed by atoms with Crippen LogP contribution < -0.4 is 19.5 Å². The Hall–Kier alpha value is -3.39. The maximum Gasteiger partial charge on any atom is 0.273 e. The number of carbonyl (C=O) groups is 1. The van der Waals surface area contributed by atoms with E-state index in [9.17, 15) is 20.0 Å². The molecule has 1 saturated heterocycles. The minimum atomic E-state index is -0.371. The van der Waals surface area contributed by atoms with Gasteiger partial charge in [-0.2, -0.15) is 5.26 Å². The number of aromatic nitrogens is 1. The number of nitrogens with zero attached hydrogens (tertiary/aromatic N) is 4. The second-order valence-electron chi connectivity index (χ2n) is 9.04. The molecule has 0 aliphatic carbocycles. The first kappa shape index (κ1) is 27.6. The summed E-state index contributed by atoms with van der Waals surface area (Å²) >= 11 is 4.42. The predicted octanol–water partition coefficient (Wildman–Crippen LogP) is 2.66. The van der Waals surface area contributed by atoms with Crippen LogP contribution in [0.3, 0.4) is 0 Å². The Labute approximate surface area is 233 Å². The molecule has 0 unspecified atom stereocenters. The number of amides is 1. The Morgan fingerprint density at radius 3 is 2.58 bits per heavy atom. The summed E-state index contributed by atoms with van der Waals surface area (Å²) in [4.78, 5) is 31.4. The van der Waals surface area contributed by atoms with Crippen LogP contribution in [0.2, 0.25) is 0 Å². The van der Waals surface area contributed by atoms with Crippen molar-refractivity contribution in [3.05, 3.63) is 71.0 Å². The number of halogens is 1. The van der Waals surface area contributed by atoms with Gasteiger partial charge in [-0.1, -0.05) is 19.1 Å². The fourth-order valence-corrected chi connectivity index (χ4v) is 5.99. The van der Waals surface area contributed by atoms with Gasteiger partial charge in [-0.15, -0.1) is 11.3 Å². The Balaban J connectivity index is 1.99. The van der Waals surface area contributed by atoms with Crippen LogP contribution in [-0.2, 0) is 4.79 Å². The van der Waals surface area contributed by atoms with Crippen molar-refractivity contribution >= 4 is 44.8 Å². The summed E-state index contributed by atoms with van der Waals surface area (Å²) in [5.74, 6) is -0.162. The van der Waals surface area contributed by atoms with Crippen molar-refractivity contribution in [1.82, 2.24) is 14.4 Å². The number of ether oxygens (including phenoxy) is 1. The lowest BCUT2D eigenvalue weighted by Gasteiger charge is -2.33. The van der Waals surface area contributed by atoms with E-state index < -0.39 is 0 Å². The molecule has 38 heavy (non-hydrogen) atoms. The van der Waals surface area contributed by atoms with Crippen molar-refractivity contribution in [3.8, 4) is 23.3 Å². The number of aryl methyl sites for hydroxylation is 1. The number of carbonyl (C=O) groups excluding carboxylic acids is 1. The summed E-state index contributed by atoms with van der Waals surface area (Å²) in [5, 5.41) is 20.4. The van der Waals surface area contributed by atoms with Gasteiger partial charge in [0.1, 0.15) is 10.7 Å². The molecule has 10 heteroatoms. The summed E-state index contributed by atoms with van der Waals surface area (Å²) in [6.45, 7) is 9.40. The van der Waals surface area contributed by atoms with E-state index in [2.05, 4.69) is 33.8 Å². The van der Waals surface area contributed by atoms with Gasteiger partial charge < -0.3 is 19.6 Å². The molecule has 0 radical (unpaired) electrons. The molecule has 1 aromatic heterocycles. The molecule has 8 nitrogen and oxygen atoms in total. The molecule has 2 heterocycles. The number of benzene rings is 2. The smallest absolute Gasteiger partial charge is 0.273 e. The van der Waals surface area contributed by atoms with Crippen molar-refractivity contribution in [3.63, 3.8) is 0 Å². The van der Waals surface area contributed by atoms with Crippen LogP contribution >= 0.6 is 27.3 Å². The summed E-state index contributed by atoms with van der Waals surface area (Å²) in [7, 11) is 1.45. The number of aromatic hydroxyl groups is 1. The number of likely N-dealkylation sites (N-methyl/N-ethyl adjacent to an activating group) is 1. The molecule has 1 amide bonds. The van der Waals surface area contributed by atoms with Crippen LogP contribution in [0.1, 0.15) is 23.6 Å². The molecule has 0 saturated carbocycles. The molecule has 0 bridgehead atoms. The van der Waals surface area contributed by atoms with Gasteiger partial charge in [0.2, 0.25) is 0 Å². The Morgan fingerprint density at radius 2 is 1.95 bits per heavy atom. The lowest BCUT2D eigenvalue weighted by Crippen LogP contribution is -2.49. The fourth-order valence-electron chi connectivity index (χ4n) is 4.44. The fraction of sp³-hybridized carbons (Fsp3) is 0.321. The molecule has 198 valence electrons. The molecule has 0 spiro atoms. The van der Waals surface area contributed by atoms with Crippen LogP contribution in [0.4, 0.5) is 0 Å². The van der Waals surface area contributed by atoms with Gasteiger partial charge in [0.05, 0.1) is 21.8 Å². The number of phenols is 1. The third kappa shape index (κ3) is 5.27. The Kier molecular flexibility index (Phi) is 8.41. The lowest BCUT2D eigenvalue weighted by atomic mass is 10.1. The van der Waals surface area contributed by atoms with Crippen molar-refractivity contribution in [2.45, 2.75) is 20.8 Å². The van der Waals surface area contributed by atoms with E-state index in [0.29, 0.717) is 38.0 Å². The number of phenolic OH excluding ortho intramolecular Hbond substituents is 1. The summed E-state index contributed by atoms with van der Waals surface area (Å²) in [5.41, 5.74) is 2.73. The van der Waals surface area contributed by atoms with Crippen LogP contribution in [0.15, 0.2) is 39.6 Å². The van der Waals surface area contributed by atoms with E-state index in [1.165, 1.54) is 11.7 Å². The van der Waals surface area contributed by atoms with Gasteiger partial charge in [-0.3, -0.25) is 14.2 Å². The molecule has 1 N–H and O–H groups in total. The van der Waals surface area contributed by atoms with Gasteiger partial charge in [0.25, 0.3) is 11.5 Å². The molecule has 1 aliphatic heterocycles. The van der Waals surface area contributed by atoms with E-state index in [4.69, 9.17) is 4.74 Å². The standard InChI is InChI=1S/C28H29BrN4O4S/c1-5-31-9-11-32(12-10-31)26(35)20(16-30)28-33(22-8-6-7-17(2)18(22)3)27(36)24(38-28)15-19-13-21(29)25(34)23(14-19)37-4/h6-8,13-15,34H,5,9-12H2,1-4H3/b24-15-,28-20+. The molecule has 0 atom stereocenters. The summed E-state index contributed by atoms with van der Waals surface area (Å²) in [6.07, 6.45) is 1.67. The monoisotopic (exact) mass is 596 g/mol. The van der Waals surface area contributed by atoms with Gasteiger partial charge in [0, 0.05) is 26.2 Å². The van der Waals surface area contributed by atoms with E-state index in [1.807, 2.05) is 32.0 Å². The highest BCUT2D eigenvalue weighted by molar-refractivity contribution is 9.10. The predicted molar refractivity (Wildman–Crippen MR) is 152 cm³/mol. The number of nitriles is 1. The van der Waals surface area contributed by atoms with Crippen LogP contribution in [-0.4, -0.2) is 65.2 Å². The average Bonchev–Trinajstić information content (AvgIpc) is 3.23. The second kappa shape index (κ2) is 11.6. The lowest BCUT2D eigenvalue weighted by molar-refractivity contribution is -0.126. The topological polar surface area (TPSA) is 98.8 Å². The van der Waals surface area contributed by atoms with E-state index in [0.717, 1.165) is 42.1 Å². The Morgan fingerprint density at radius 1 is 1.24 bits per heavy atom. The number of hydrogen-bond acceptors (Lipinski definition) is 7. The van der Waals surface area contributed by atoms with Crippen LogP contribution in [0.25, 0.3) is 17.3 Å². The number of thiazole rings is 1. The van der Waals surface area contributed by atoms with Crippen molar-refractivity contribution < 1.29 is 14.6 Å². The molecular formula is C28H29BrN4O4S. The first-order valence-electron chi connectivity index (χ1n) is 12.2. The molecule has 3 aromatic rings. The maximum absolute atomic E-state index is 13.9.